The van der Waals surface area contributed by atoms with Crippen molar-refractivity contribution in [2.45, 2.75) is 20.4 Å². The average Bonchev–Trinajstić information content (AvgIpc) is 2.85. The van der Waals surface area contributed by atoms with Gasteiger partial charge in [0.15, 0.2) is 12.7 Å². The molecular formula is C20H18N+. The Hall–Kier alpha value is -2.41. The molecule has 21 heavy (non-hydrogen) atoms. The molecule has 0 radical (unpaired) electrons. The zero-order chi connectivity index (χ0) is 14.4. The molecule has 1 aliphatic rings. The SMILES string of the molecule is Cc1ccccc1-c1c[n+]2c(cc1C)-c1ccccc1C2. The smallest absolute Gasteiger partial charge is 0.193 e. The Morgan fingerprint density at radius 3 is 2.29 bits per heavy atom. The van der Waals surface area contributed by atoms with Crippen molar-refractivity contribution in [3.63, 3.8) is 0 Å². The van der Waals surface area contributed by atoms with E-state index in [9.17, 15) is 0 Å². The number of fused-ring (bicyclic) bond motifs is 3. The van der Waals surface area contributed by atoms with E-state index in [0.29, 0.717) is 0 Å². The molecule has 0 atom stereocenters. The lowest BCUT2D eigenvalue weighted by Gasteiger charge is -2.08. The van der Waals surface area contributed by atoms with E-state index in [1.54, 1.807) is 0 Å². The Morgan fingerprint density at radius 2 is 1.48 bits per heavy atom. The van der Waals surface area contributed by atoms with Crippen molar-refractivity contribution in [2.75, 3.05) is 0 Å². The van der Waals surface area contributed by atoms with Gasteiger partial charge in [0.05, 0.1) is 5.56 Å². The molecule has 0 fully saturated rings. The van der Waals surface area contributed by atoms with Crippen LogP contribution in [0.5, 0.6) is 0 Å². The summed E-state index contributed by atoms with van der Waals surface area (Å²) in [5, 5.41) is 0. The van der Waals surface area contributed by atoms with Gasteiger partial charge in [0, 0.05) is 17.2 Å². The molecule has 0 bridgehead atoms. The van der Waals surface area contributed by atoms with Gasteiger partial charge >= 0.3 is 0 Å². The first kappa shape index (κ1) is 12.3. The molecule has 4 rings (SSSR count). The normalized spacial score (nSPS) is 12.1. The highest BCUT2D eigenvalue weighted by molar-refractivity contribution is 5.72. The second-order valence-corrected chi connectivity index (χ2v) is 5.86. The van der Waals surface area contributed by atoms with Crippen LogP contribution in [0.3, 0.4) is 0 Å². The van der Waals surface area contributed by atoms with Crippen LogP contribution in [0.15, 0.2) is 60.8 Å². The van der Waals surface area contributed by atoms with E-state index in [-0.39, 0.29) is 0 Å². The number of nitrogens with zero attached hydrogens (tertiary/aromatic N) is 1. The fraction of sp³-hybridized carbons (Fsp3) is 0.150. The summed E-state index contributed by atoms with van der Waals surface area (Å²) in [6.45, 7) is 5.37. The van der Waals surface area contributed by atoms with E-state index in [1.165, 1.54) is 39.1 Å². The third-order valence-electron chi connectivity index (χ3n) is 4.44. The van der Waals surface area contributed by atoms with E-state index in [4.69, 9.17) is 0 Å². The third-order valence-corrected chi connectivity index (χ3v) is 4.44. The Kier molecular flexibility index (Phi) is 2.68. The standard InChI is InChI=1S/C20H18N/c1-14-7-3-5-9-17(14)19-13-21-12-16-8-4-6-10-18(16)20(21)11-15(19)2/h3-11,13H,12H2,1-2H3/q+1. The number of hydrogen-bond donors (Lipinski definition) is 0. The fourth-order valence-electron chi connectivity index (χ4n) is 3.30. The fourth-order valence-corrected chi connectivity index (χ4v) is 3.30. The van der Waals surface area contributed by atoms with Gasteiger partial charge in [0.25, 0.3) is 0 Å². The molecule has 0 spiro atoms. The minimum atomic E-state index is 0.977. The maximum Gasteiger partial charge on any atom is 0.213 e. The van der Waals surface area contributed by atoms with Crippen molar-refractivity contribution in [3.8, 4) is 22.4 Å². The van der Waals surface area contributed by atoms with Crippen molar-refractivity contribution < 1.29 is 4.57 Å². The largest absolute Gasteiger partial charge is 0.213 e. The number of pyridine rings is 1. The molecular weight excluding hydrogens is 254 g/mol. The first-order valence-electron chi connectivity index (χ1n) is 7.42. The summed E-state index contributed by atoms with van der Waals surface area (Å²) in [6, 6.07) is 19.6. The molecule has 0 saturated heterocycles. The minimum Gasteiger partial charge on any atom is -0.193 e. The van der Waals surface area contributed by atoms with Crippen molar-refractivity contribution in [1.82, 2.24) is 0 Å². The quantitative estimate of drug-likeness (QED) is 0.455. The zero-order valence-corrected chi connectivity index (χ0v) is 12.4. The van der Waals surface area contributed by atoms with E-state index in [0.717, 1.165) is 6.54 Å². The molecule has 3 aromatic rings. The van der Waals surface area contributed by atoms with Gasteiger partial charge < -0.3 is 0 Å². The molecule has 2 aromatic carbocycles. The van der Waals surface area contributed by atoms with Crippen LogP contribution >= 0.6 is 0 Å². The Balaban J connectivity index is 1.92. The van der Waals surface area contributed by atoms with Crippen molar-refractivity contribution in [1.29, 1.82) is 0 Å². The second-order valence-electron chi connectivity index (χ2n) is 5.86. The second kappa shape index (κ2) is 4.56. The van der Waals surface area contributed by atoms with Gasteiger partial charge in [0.1, 0.15) is 0 Å². The van der Waals surface area contributed by atoms with Crippen molar-refractivity contribution >= 4 is 0 Å². The molecule has 0 amide bonds. The average molecular weight is 272 g/mol. The maximum atomic E-state index is 2.37. The van der Waals surface area contributed by atoms with Crippen molar-refractivity contribution in [3.05, 3.63) is 77.5 Å². The van der Waals surface area contributed by atoms with Crippen molar-refractivity contribution in [2.24, 2.45) is 0 Å². The molecule has 102 valence electrons. The highest BCUT2D eigenvalue weighted by atomic mass is 15.0. The summed E-state index contributed by atoms with van der Waals surface area (Å²) in [6.07, 6.45) is 2.31. The number of benzene rings is 2. The molecule has 0 saturated carbocycles. The lowest BCUT2D eigenvalue weighted by Crippen LogP contribution is -2.32. The first-order chi connectivity index (χ1) is 10.2. The first-order valence-corrected chi connectivity index (χ1v) is 7.42. The number of aryl methyl sites for hydroxylation is 2. The summed E-state index contributed by atoms with van der Waals surface area (Å²) in [4.78, 5) is 0. The molecule has 0 unspecified atom stereocenters. The maximum absolute atomic E-state index is 2.37. The Bertz CT molecular complexity index is 846. The van der Waals surface area contributed by atoms with Crippen LogP contribution in [-0.4, -0.2) is 0 Å². The van der Waals surface area contributed by atoms with Crippen LogP contribution in [0.1, 0.15) is 16.7 Å². The van der Waals surface area contributed by atoms with Crippen LogP contribution in [0.25, 0.3) is 22.4 Å². The number of hydrogen-bond acceptors (Lipinski definition) is 0. The summed E-state index contributed by atoms with van der Waals surface area (Å²) in [7, 11) is 0. The number of rotatable bonds is 1. The van der Waals surface area contributed by atoms with Gasteiger partial charge in [-0.1, -0.05) is 42.5 Å². The topological polar surface area (TPSA) is 3.88 Å². The molecule has 1 aromatic heterocycles. The summed E-state index contributed by atoms with van der Waals surface area (Å²) >= 11 is 0. The molecule has 1 heteroatoms. The van der Waals surface area contributed by atoms with Crippen LogP contribution in [0.4, 0.5) is 0 Å². The third kappa shape index (κ3) is 1.89. The Labute approximate surface area is 125 Å². The van der Waals surface area contributed by atoms with Gasteiger partial charge in [-0.15, -0.1) is 0 Å². The zero-order valence-electron chi connectivity index (χ0n) is 12.4. The van der Waals surface area contributed by atoms with Gasteiger partial charge in [-0.05, 0) is 36.6 Å². The lowest BCUT2D eigenvalue weighted by atomic mass is 9.97. The lowest BCUT2D eigenvalue weighted by molar-refractivity contribution is -0.671. The van der Waals surface area contributed by atoms with Gasteiger partial charge in [-0.25, -0.2) is 0 Å². The monoisotopic (exact) mass is 272 g/mol. The van der Waals surface area contributed by atoms with E-state index in [2.05, 4.69) is 79.2 Å². The molecule has 0 N–H and O–H groups in total. The Morgan fingerprint density at radius 1 is 0.762 bits per heavy atom. The highest BCUT2D eigenvalue weighted by Crippen LogP contribution is 2.31. The van der Waals surface area contributed by atoms with E-state index < -0.39 is 0 Å². The van der Waals surface area contributed by atoms with E-state index in [1.807, 2.05) is 0 Å². The summed E-state index contributed by atoms with van der Waals surface area (Å²) < 4.78 is 2.37. The minimum absolute atomic E-state index is 0.977. The van der Waals surface area contributed by atoms with Crippen LogP contribution in [-0.2, 0) is 6.54 Å². The van der Waals surface area contributed by atoms with Crippen LogP contribution in [0.2, 0.25) is 0 Å². The van der Waals surface area contributed by atoms with Gasteiger partial charge in [-0.3, -0.25) is 0 Å². The molecule has 2 heterocycles. The highest BCUT2D eigenvalue weighted by Gasteiger charge is 2.27. The summed E-state index contributed by atoms with van der Waals surface area (Å²) in [5.74, 6) is 0. The molecule has 1 nitrogen and oxygen atoms in total. The summed E-state index contributed by atoms with van der Waals surface area (Å²) in [5.41, 5.74) is 9.46. The van der Waals surface area contributed by atoms with Crippen LogP contribution < -0.4 is 4.57 Å². The van der Waals surface area contributed by atoms with Gasteiger partial charge in [-0.2, -0.15) is 4.57 Å². The van der Waals surface area contributed by atoms with E-state index >= 15 is 0 Å². The molecule has 1 aliphatic heterocycles. The van der Waals surface area contributed by atoms with Crippen LogP contribution in [0, 0.1) is 13.8 Å². The predicted octanol–water partition coefficient (Wildman–Crippen LogP) is 4.29. The molecule has 0 aliphatic carbocycles. The number of aromatic nitrogens is 1. The predicted molar refractivity (Wildman–Crippen MR) is 86.1 cm³/mol. The van der Waals surface area contributed by atoms with Gasteiger partial charge in [0.2, 0.25) is 5.69 Å².